The molecule has 27 heavy (non-hydrogen) atoms. The van der Waals surface area contributed by atoms with Gasteiger partial charge in [-0.25, -0.2) is 0 Å². The number of thioether (sulfide) groups is 1. The van der Waals surface area contributed by atoms with Crippen LogP contribution in [0.1, 0.15) is 31.2 Å². The molecule has 0 aromatic heterocycles. The number of nitro benzene ring substituents is 1. The van der Waals surface area contributed by atoms with E-state index in [1.54, 1.807) is 36.4 Å². The van der Waals surface area contributed by atoms with Crippen LogP contribution in [-0.4, -0.2) is 37.7 Å². The number of amides is 1. The molecule has 1 aromatic carbocycles. The molecule has 1 N–H and O–H groups in total. The second-order valence-electron chi connectivity index (χ2n) is 5.74. The molecule has 0 saturated carbocycles. The lowest BCUT2D eigenvalue weighted by Crippen LogP contribution is -2.29. The van der Waals surface area contributed by atoms with Gasteiger partial charge < -0.3 is 5.11 Å². The van der Waals surface area contributed by atoms with Crippen molar-refractivity contribution in [1.82, 2.24) is 4.90 Å². The van der Waals surface area contributed by atoms with Gasteiger partial charge in [0.25, 0.3) is 11.6 Å². The maximum absolute atomic E-state index is 12.4. The van der Waals surface area contributed by atoms with Gasteiger partial charge in [0.2, 0.25) is 0 Å². The summed E-state index contributed by atoms with van der Waals surface area (Å²) >= 11 is 6.42. The molecule has 1 saturated heterocycles. The van der Waals surface area contributed by atoms with Crippen molar-refractivity contribution in [2.45, 2.75) is 25.7 Å². The smallest absolute Gasteiger partial charge is 0.303 e. The normalized spacial score (nSPS) is 15.9. The number of aliphatic carboxylic acids is 1. The predicted octanol–water partition coefficient (Wildman–Crippen LogP) is 4.00. The summed E-state index contributed by atoms with van der Waals surface area (Å²) in [4.78, 5) is 35.4. The van der Waals surface area contributed by atoms with E-state index in [2.05, 4.69) is 0 Å². The standard InChI is InChI=1S/C18H18N2O5S2/c21-16(22)11-2-1-5-12-19-17(23)15(27-18(19)26)10-6-8-13-7-3-4-9-14(13)20(24)25/h3-4,6-10H,1-2,5,11-12H2,(H,21,22)/b8-6+,15-10+. The first kappa shape index (κ1) is 20.8. The first-order valence-electron chi connectivity index (χ1n) is 8.27. The molecular formula is C18H18N2O5S2. The lowest BCUT2D eigenvalue weighted by molar-refractivity contribution is -0.385. The molecule has 0 atom stereocenters. The summed E-state index contributed by atoms with van der Waals surface area (Å²) in [7, 11) is 0. The van der Waals surface area contributed by atoms with E-state index in [0.29, 0.717) is 40.6 Å². The number of carbonyl (C=O) groups is 2. The van der Waals surface area contributed by atoms with Crippen LogP contribution in [0.4, 0.5) is 5.69 Å². The first-order chi connectivity index (χ1) is 12.9. The van der Waals surface area contributed by atoms with Crippen molar-refractivity contribution < 1.29 is 19.6 Å². The van der Waals surface area contributed by atoms with Gasteiger partial charge in [-0.2, -0.15) is 0 Å². The third kappa shape index (κ3) is 6.00. The first-order valence-corrected chi connectivity index (χ1v) is 9.50. The number of carboxylic acids is 1. The van der Waals surface area contributed by atoms with Crippen molar-refractivity contribution in [1.29, 1.82) is 0 Å². The van der Waals surface area contributed by atoms with Crippen molar-refractivity contribution in [3.8, 4) is 0 Å². The number of nitro groups is 1. The van der Waals surface area contributed by atoms with Crippen molar-refractivity contribution in [2.75, 3.05) is 6.54 Å². The molecule has 2 rings (SSSR count). The number of rotatable bonds is 9. The summed E-state index contributed by atoms with van der Waals surface area (Å²) in [5, 5.41) is 19.6. The topological polar surface area (TPSA) is 101 Å². The summed E-state index contributed by atoms with van der Waals surface area (Å²) in [5.74, 6) is -1.02. The van der Waals surface area contributed by atoms with E-state index in [-0.39, 0.29) is 18.0 Å². The molecule has 1 aromatic rings. The largest absolute Gasteiger partial charge is 0.481 e. The van der Waals surface area contributed by atoms with Crippen LogP contribution < -0.4 is 0 Å². The van der Waals surface area contributed by atoms with Gasteiger partial charge in [-0.3, -0.25) is 24.6 Å². The van der Waals surface area contributed by atoms with E-state index in [1.807, 2.05) is 0 Å². The van der Waals surface area contributed by atoms with Crippen LogP contribution in [-0.2, 0) is 9.59 Å². The van der Waals surface area contributed by atoms with Crippen molar-refractivity contribution in [2.24, 2.45) is 0 Å². The Morgan fingerprint density at radius 3 is 2.74 bits per heavy atom. The molecule has 7 nitrogen and oxygen atoms in total. The van der Waals surface area contributed by atoms with Crippen LogP contribution in [0.5, 0.6) is 0 Å². The zero-order valence-corrected chi connectivity index (χ0v) is 16.0. The number of hydrogen-bond acceptors (Lipinski definition) is 6. The van der Waals surface area contributed by atoms with E-state index < -0.39 is 10.9 Å². The highest BCUT2D eigenvalue weighted by Gasteiger charge is 2.30. The van der Waals surface area contributed by atoms with E-state index in [9.17, 15) is 19.7 Å². The van der Waals surface area contributed by atoms with Gasteiger partial charge >= 0.3 is 5.97 Å². The Bertz CT molecular complexity index is 820. The van der Waals surface area contributed by atoms with Crippen LogP contribution in [0.15, 0.2) is 41.3 Å². The molecule has 1 amide bonds. The van der Waals surface area contributed by atoms with Crippen LogP contribution in [0.3, 0.4) is 0 Å². The van der Waals surface area contributed by atoms with Crippen LogP contribution in [0.2, 0.25) is 0 Å². The molecule has 142 valence electrons. The van der Waals surface area contributed by atoms with E-state index in [4.69, 9.17) is 17.3 Å². The summed E-state index contributed by atoms with van der Waals surface area (Å²) in [6.45, 7) is 0.454. The number of carboxylic acid groups (broad SMARTS) is 1. The molecule has 1 aliphatic heterocycles. The van der Waals surface area contributed by atoms with Crippen LogP contribution in [0.25, 0.3) is 6.08 Å². The van der Waals surface area contributed by atoms with Gasteiger partial charge in [-0.15, -0.1) is 0 Å². The zero-order chi connectivity index (χ0) is 19.8. The minimum Gasteiger partial charge on any atom is -0.481 e. The van der Waals surface area contributed by atoms with Gasteiger partial charge in [0.05, 0.1) is 15.4 Å². The molecule has 1 aliphatic rings. The van der Waals surface area contributed by atoms with E-state index in [0.717, 1.165) is 0 Å². The lowest BCUT2D eigenvalue weighted by atomic mass is 10.1. The number of benzene rings is 1. The molecule has 0 bridgehead atoms. The predicted molar refractivity (Wildman–Crippen MR) is 108 cm³/mol. The molecule has 0 unspecified atom stereocenters. The summed E-state index contributed by atoms with van der Waals surface area (Å²) in [6.07, 6.45) is 6.85. The minimum absolute atomic E-state index is 0.00365. The summed E-state index contributed by atoms with van der Waals surface area (Å²) in [5.41, 5.74) is 0.448. The number of unbranched alkanes of at least 4 members (excludes halogenated alkanes) is 2. The Hall–Kier alpha value is -2.52. The fourth-order valence-electron chi connectivity index (χ4n) is 2.46. The fourth-order valence-corrected chi connectivity index (χ4v) is 3.72. The SMILES string of the molecule is O=C(O)CCCCCN1C(=O)/C(=C\C=C\c2ccccc2[N+](=O)[O-])SC1=S. The van der Waals surface area contributed by atoms with Gasteiger partial charge in [-0.1, -0.05) is 48.6 Å². The second kappa shape index (κ2) is 9.98. The number of allylic oxidation sites excluding steroid dienone is 2. The summed E-state index contributed by atoms with van der Waals surface area (Å²) in [6, 6.07) is 6.35. The average Bonchev–Trinajstić information content (AvgIpc) is 2.89. The number of para-hydroxylation sites is 1. The zero-order valence-electron chi connectivity index (χ0n) is 14.4. The average molecular weight is 406 g/mol. The Morgan fingerprint density at radius 2 is 2.04 bits per heavy atom. The van der Waals surface area contributed by atoms with E-state index >= 15 is 0 Å². The monoisotopic (exact) mass is 406 g/mol. The van der Waals surface area contributed by atoms with Crippen LogP contribution in [0, 0.1) is 10.1 Å². The Balaban J connectivity index is 1.96. The number of carbonyl (C=O) groups excluding carboxylic acids is 1. The highest BCUT2D eigenvalue weighted by Crippen LogP contribution is 2.31. The van der Waals surface area contributed by atoms with Gasteiger partial charge in [0, 0.05) is 19.0 Å². The molecule has 0 aliphatic carbocycles. The van der Waals surface area contributed by atoms with Gasteiger partial charge in [0.15, 0.2) is 0 Å². The Morgan fingerprint density at radius 1 is 1.30 bits per heavy atom. The third-order valence-electron chi connectivity index (χ3n) is 3.80. The van der Waals surface area contributed by atoms with E-state index in [1.165, 1.54) is 22.7 Å². The van der Waals surface area contributed by atoms with Gasteiger partial charge in [-0.05, 0) is 31.1 Å². The Kier molecular flexibility index (Phi) is 7.68. The number of hydrogen-bond donors (Lipinski definition) is 1. The van der Waals surface area contributed by atoms with Gasteiger partial charge in [0.1, 0.15) is 4.32 Å². The second-order valence-corrected chi connectivity index (χ2v) is 7.41. The molecule has 1 fully saturated rings. The number of thiocarbonyl (C=S) groups is 1. The quantitative estimate of drug-likeness (QED) is 0.217. The maximum atomic E-state index is 12.4. The van der Waals surface area contributed by atoms with Crippen molar-refractivity contribution >= 4 is 51.9 Å². The van der Waals surface area contributed by atoms with Crippen molar-refractivity contribution in [3.63, 3.8) is 0 Å². The van der Waals surface area contributed by atoms with Crippen LogP contribution >= 0.6 is 24.0 Å². The highest BCUT2D eigenvalue weighted by molar-refractivity contribution is 8.26. The molecule has 9 heteroatoms. The fraction of sp³-hybridized carbons (Fsp3) is 0.278. The minimum atomic E-state index is -0.825. The lowest BCUT2D eigenvalue weighted by Gasteiger charge is -2.13. The van der Waals surface area contributed by atoms with Crippen molar-refractivity contribution in [3.05, 3.63) is 57.0 Å². The molecule has 0 spiro atoms. The molecule has 1 heterocycles. The maximum Gasteiger partial charge on any atom is 0.303 e. The number of nitrogens with zero attached hydrogens (tertiary/aromatic N) is 2. The molecular weight excluding hydrogens is 388 g/mol. The summed E-state index contributed by atoms with van der Waals surface area (Å²) < 4.78 is 0.462. The molecule has 0 radical (unpaired) electrons. The third-order valence-corrected chi connectivity index (χ3v) is 5.20. The Labute approximate surface area is 165 Å². The highest BCUT2D eigenvalue weighted by atomic mass is 32.2.